The number of rotatable bonds is 3. The van der Waals surface area contributed by atoms with E-state index in [4.69, 9.17) is 5.73 Å². The number of pyridine rings is 1. The third kappa shape index (κ3) is 3.40. The molecule has 0 unspecified atom stereocenters. The number of nitrogens with zero attached hydrogens (tertiary/aromatic N) is 1. The number of phenols is 1. The first-order valence-electron chi connectivity index (χ1n) is 7.26. The zero-order chi connectivity index (χ0) is 16.4. The molecule has 0 radical (unpaired) electrons. The molecule has 116 valence electrons. The number of hydrogen-bond donors (Lipinski definition) is 3. The van der Waals surface area contributed by atoms with E-state index in [-0.39, 0.29) is 18.1 Å². The summed E-state index contributed by atoms with van der Waals surface area (Å²) in [7, 11) is 0. The fraction of sp³-hybridized carbons (Fsp3) is 0.111. The topological polar surface area (TPSA) is 88.2 Å². The molecule has 0 fully saturated rings. The van der Waals surface area contributed by atoms with Crippen molar-refractivity contribution in [3.8, 4) is 5.75 Å². The largest absolute Gasteiger partial charge is 0.506 e. The maximum absolute atomic E-state index is 12.2. The van der Waals surface area contributed by atoms with Crippen molar-refractivity contribution in [1.82, 2.24) is 4.98 Å². The molecule has 1 amide bonds. The van der Waals surface area contributed by atoms with Crippen molar-refractivity contribution in [2.45, 2.75) is 13.3 Å². The van der Waals surface area contributed by atoms with Crippen LogP contribution in [-0.2, 0) is 11.2 Å². The first-order valence-corrected chi connectivity index (χ1v) is 7.26. The standard InChI is InChI=1S/C18H17N3O2/c1-11-2-7-17(22)16(8-11)21-18(23)10-14-5-3-12-9-13(19)4-6-15(12)20-14/h2-9,22H,10,19H2,1H3,(H,21,23). The Kier molecular flexibility index (Phi) is 3.85. The quantitative estimate of drug-likeness (QED) is 0.512. The number of hydrogen-bond acceptors (Lipinski definition) is 4. The number of carbonyl (C=O) groups is 1. The number of benzene rings is 2. The molecule has 0 spiro atoms. The van der Waals surface area contributed by atoms with E-state index >= 15 is 0 Å². The summed E-state index contributed by atoms with van der Waals surface area (Å²) in [5.41, 5.74) is 9.24. The van der Waals surface area contributed by atoms with Gasteiger partial charge in [0.2, 0.25) is 5.91 Å². The maximum atomic E-state index is 12.2. The fourth-order valence-corrected chi connectivity index (χ4v) is 2.39. The second-order valence-corrected chi connectivity index (χ2v) is 5.50. The number of nitrogens with one attached hydrogen (secondary N) is 1. The van der Waals surface area contributed by atoms with Gasteiger partial charge in [-0.2, -0.15) is 0 Å². The van der Waals surface area contributed by atoms with Gasteiger partial charge in [-0.25, -0.2) is 0 Å². The summed E-state index contributed by atoms with van der Waals surface area (Å²) in [5.74, 6) is -0.181. The summed E-state index contributed by atoms with van der Waals surface area (Å²) >= 11 is 0. The van der Waals surface area contributed by atoms with E-state index in [9.17, 15) is 9.90 Å². The van der Waals surface area contributed by atoms with Gasteiger partial charge in [-0.15, -0.1) is 0 Å². The highest BCUT2D eigenvalue weighted by atomic mass is 16.3. The number of anilines is 2. The molecule has 5 nitrogen and oxygen atoms in total. The van der Waals surface area contributed by atoms with Crippen LogP contribution in [0.5, 0.6) is 5.75 Å². The van der Waals surface area contributed by atoms with Crippen LogP contribution in [0.1, 0.15) is 11.3 Å². The van der Waals surface area contributed by atoms with E-state index in [2.05, 4.69) is 10.3 Å². The number of phenolic OH excluding ortho intramolecular Hbond substituents is 1. The Bertz CT molecular complexity index is 891. The van der Waals surface area contributed by atoms with Crippen molar-refractivity contribution < 1.29 is 9.90 Å². The predicted octanol–water partition coefficient (Wildman–Crippen LogP) is 3.01. The highest BCUT2D eigenvalue weighted by molar-refractivity contribution is 5.94. The Morgan fingerprint density at radius 2 is 2.00 bits per heavy atom. The minimum atomic E-state index is -0.229. The van der Waals surface area contributed by atoms with Gasteiger partial charge in [-0.05, 0) is 48.9 Å². The molecule has 3 rings (SSSR count). The van der Waals surface area contributed by atoms with Crippen molar-refractivity contribution in [2.24, 2.45) is 0 Å². The van der Waals surface area contributed by atoms with Crippen LogP contribution in [0.3, 0.4) is 0 Å². The van der Waals surface area contributed by atoms with Crippen molar-refractivity contribution in [3.05, 3.63) is 59.8 Å². The second kappa shape index (κ2) is 5.96. The first kappa shape index (κ1) is 14.8. The first-order chi connectivity index (χ1) is 11.0. The predicted molar refractivity (Wildman–Crippen MR) is 91.3 cm³/mol. The van der Waals surface area contributed by atoms with Crippen molar-refractivity contribution in [3.63, 3.8) is 0 Å². The summed E-state index contributed by atoms with van der Waals surface area (Å²) < 4.78 is 0. The smallest absolute Gasteiger partial charge is 0.230 e. The number of aryl methyl sites for hydroxylation is 1. The van der Waals surface area contributed by atoms with Crippen LogP contribution in [-0.4, -0.2) is 16.0 Å². The van der Waals surface area contributed by atoms with Crippen LogP contribution in [0.25, 0.3) is 10.9 Å². The van der Waals surface area contributed by atoms with Gasteiger partial charge in [0, 0.05) is 11.1 Å². The Balaban J connectivity index is 1.77. The van der Waals surface area contributed by atoms with E-state index in [1.807, 2.05) is 25.1 Å². The average molecular weight is 307 g/mol. The molecule has 1 heterocycles. The van der Waals surface area contributed by atoms with E-state index in [0.29, 0.717) is 17.1 Å². The van der Waals surface area contributed by atoms with Gasteiger partial charge >= 0.3 is 0 Å². The Morgan fingerprint density at radius 3 is 2.83 bits per heavy atom. The van der Waals surface area contributed by atoms with Gasteiger partial charge in [0.15, 0.2) is 0 Å². The van der Waals surface area contributed by atoms with E-state index in [1.54, 1.807) is 30.3 Å². The Morgan fingerprint density at radius 1 is 1.17 bits per heavy atom. The molecule has 0 saturated carbocycles. The SMILES string of the molecule is Cc1ccc(O)c(NC(=O)Cc2ccc3cc(N)ccc3n2)c1. The van der Waals surface area contributed by atoms with Crippen LogP contribution in [0.4, 0.5) is 11.4 Å². The number of amides is 1. The van der Waals surface area contributed by atoms with Crippen LogP contribution >= 0.6 is 0 Å². The van der Waals surface area contributed by atoms with Crippen LogP contribution < -0.4 is 11.1 Å². The summed E-state index contributed by atoms with van der Waals surface area (Å²) in [4.78, 5) is 16.6. The minimum absolute atomic E-state index is 0.0471. The van der Waals surface area contributed by atoms with Gasteiger partial charge in [0.1, 0.15) is 5.75 Å². The molecule has 4 N–H and O–H groups in total. The molecule has 2 aromatic carbocycles. The van der Waals surface area contributed by atoms with E-state index < -0.39 is 0 Å². The fourth-order valence-electron chi connectivity index (χ4n) is 2.39. The monoisotopic (exact) mass is 307 g/mol. The number of carbonyl (C=O) groups excluding carboxylic acids is 1. The molecular weight excluding hydrogens is 290 g/mol. The van der Waals surface area contributed by atoms with Crippen LogP contribution in [0, 0.1) is 6.92 Å². The molecule has 3 aromatic rings. The van der Waals surface area contributed by atoms with Crippen LogP contribution in [0.15, 0.2) is 48.5 Å². The lowest BCUT2D eigenvalue weighted by molar-refractivity contribution is -0.115. The van der Waals surface area contributed by atoms with Crippen LogP contribution in [0.2, 0.25) is 0 Å². The Labute approximate surface area is 133 Å². The number of fused-ring (bicyclic) bond motifs is 1. The minimum Gasteiger partial charge on any atom is -0.506 e. The number of nitrogen functional groups attached to an aromatic ring is 1. The van der Waals surface area contributed by atoms with E-state index in [0.717, 1.165) is 16.5 Å². The Hall–Kier alpha value is -3.08. The zero-order valence-electron chi connectivity index (χ0n) is 12.7. The average Bonchev–Trinajstić information content (AvgIpc) is 2.51. The van der Waals surface area contributed by atoms with Gasteiger partial charge in [-0.1, -0.05) is 12.1 Å². The maximum Gasteiger partial charge on any atom is 0.230 e. The normalized spacial score (nSPS) is 10.7. The molecule has 0 aliphatic rings. The van der Waals surface area contributed by atoms with Crippen molar-refractivity contribution in [2.75, 3.05) is 11.1 Å². The molecule has 0 aliphatic heterocycles. The molecular formula is C18H17N3O2. The van der Waals surface area contributed by atoms with Gasteiger partial charge in [-0.3, -0.25) is 9.78 Å². The third-order valence-corrected chi connectivity index (χ3v) is 3.54. The summed E-state index contributed by atoms with van der Waals surface area (Å²) in [6.07, 6.45) is 0.133. The molecule has 0 saturated heterocycles. The van der Waals surface area contributed by atoms with Crippen molar-refractivity contribution >= 4 is 28.2 Å². The number of nitrogens with two attached hydrogens (primary N) is 1. The molecule has 5 heteroatoms. The van der Waals surface area contributed by atoms with Gasteiger partial charge in [0.25, 0.3) is 0 Å². The number of aromatic hydroxyl groups is 1. The summed E-state index contributed by atoms with van der Waals surface area (Å²) in [5, 5.41) is 13.4. The molecule has 0 atom stereocenters. The van der Waals surface area contributed by atoms with E-state index in [1.165, 1.54) is 0 Å². The zero-order valence-corrected chi connectivity index (χ0v) is 12.7. The second-order valence-electron chi connectivity index (χ2n) is 5.50. The lowest BCUT2D eigenvalue weighted by atomic mass is 10.1. The lowest BCUT2D eigenvalue weighted by Crippen LogP contribution is -2.15. The molecule has 1 aromatic heterocycles. The molecule has 0 aliphatic carbocycles. The highest BCUT2D eigenvalue weighted by Crippen LogP contribution is 2.24. The van der Waals surface area contributed by atoms with Crippen molar-refractivity contribution in [1.29, 1.82) is 0 Å². The van der Waals surface area contributed by atoms with Gasteiger partial charge < -0.3 is 16.2 Å². The highest BCUT2D eigenvalue weighted by Gasteiger charge is 2.09. The summed E-state index contributed by atoms with van der Waals surface area (Å²) in [6, 6.07) is 14.2. The molecule has 23 heavy (non-hydrogen) atoms. The molecule has 0 bridgehead atoms. The van der Waals surface area contributed by atoms with Gasteiger partial charge in [0.05, 0.1) is 23.3 Å². The lowest BCUT2D eigenvalue weighted by Gasteiger charge is -2.08. The third-order valence-electron chi connectivity index (χ3n) is 3.54. The number of aromatic nitrogens is 1. The summed E-state index contributed by atoms with van der Waals surface area (Å²) in [6.45, 7) is 1.89.